The molecule has 2 N–H and O–H groups in total. The average molecular weight is 301 g/mol. The normalized spacial score (nSPS) is 13.0. The van der Waals surface area contributed by atoms with Gasteiger partial charge in [-0.25, -0.2) is 0 Å². The van der Waals surface area contributed by atoms with E-state index in [0.29, 0.717) is 30.0 Å². The van der Waals surface area contributed by atoms with Gasteiger partial charge in [0.05, 0.1) is 16.9 Å². The molecule has 7 heteroatoms. The van der Waals surface area contributed by atoms with Gasteiger partial charge in [-0.05, 0) is 19.1 Å². The summed E-state index contributed by atoms with van der Waals surface area (Å²) < 4.78 is 10.4. The molecule has 0 saturated heterocycles. The van der Waals surface area contributed by atoms with Crippen molar-refractivity contribution in [2.24, 2.45) is 0 Å². The third-order valence-corrected chi connectivity index (χ3v) is 3.22. The minimum Gasteiger partial charge on any atom is -0.481 e. The van der Waals surface area contributed by atoms with E-state index in [2.05, 4.69) is 15.8 Å². The Kier molecular flexibility index (Phi) is 3.78. The maximum atomic E-state index is 12.2. The summed E-state index contributed by atoms with van der Waals surface area (Å²) in [6.45, 7) is 2.17. The molecule has 0 unspecified atom stereocenters. The predicted octanol–water partition coefficient (Wildman–Crippen LogP) is 1.29. The number of rotatable bonds is 4. The lowest BCUT2D eigenvalue weighted by Gasteiger charge is -2.20. The van der Waals surface area contributed by atoms with E-state index in [1.807, 2.05) is 13.0 Å². The maximum absolute atomic E-state index is 12.2. The second kappa shape index (κ2) is 5.88. The van der Waals surface area contributed by atoms with Crippen LogP contribution in [-0.2, 0) is 11.2 Å². The van der Waals surface area contributed by atoms with Gasteiger partial charge in [-0.15, -0.1) is 0 Å². The summed E-state index contributed by atoms with van der Waals surface area (Å²) in [4.78, 5) is 23.5. The molecule has 1 aliphatic heterocycles. The average Bonchev–Trinajstić information content (AvgIpc) is 2.91. The van der Waals surface area contributed by atoms with E-state index in [4.69, 9.17) is 9.26 Å². The number of aromatic nitrogens is 1. The van der Waals surface area contributed by atoms with Crippen LogP contribution in [-0.4, -0.2) is 30.1 Å². The second-order valence-electron chi connectivity index (χ2n) is 4.96. The number of nitrogens with one attached hydrogen (secondary N) is 2. The van der Waals surface area contributed by atoms with Crippen molar-refractivity contribution in [3.63, 3.8) is 0 Å². The summed E-state index contributed by atoms with van der Waals surface area (Å²) in [5, 5.41) is 9.26. The Morgan fingerprint density at radius 2 is 2.32 bits per heavy atom. The van der Waals surface area contributed by atoms with E-state index in [0.717, 1.165) is 11.5 Å². The minimum atomic E-state index is -0.260. The summed E-state index contributed by atoms with van der Waals surface area (Å²) in [6, 6.07) is 6.88. The molecule has 22 heavy (non-hydrogen) atoms. The van der Waals surface area contributed by atoms with E-state index in [9.17, 15) is 9.59 Å². The van der Waals surface area contributed by atoms with Gasteiger partial charge in [-0.1, -0.05) is 11.2 Å². The van der Waals surface area contributed by atoms with Crippen LogP contribution in [0.3, 0.4) is 0 Å². The summed E-state index contributed by atoms with van der Waals surface area (Å²) >= 11 is 0. The number of nitrogens with zero attached hydrogens (tertiary/aromatic N) is 1. The third kappa shape index (κ3) is 2.93. The molecule has 1 aromatic carbocycles. The smallest absolute Gasteiger partial charge is 0.262 e. The number of hydrogen-bond donors (Lipinski definition) is 2. The summed E-state index contributed by atoms with van der Waals surface area (Å²) in [5.74, 6) is 0.626. The number of anilines is 1. The topological polar surface area (TPSA) is 93.5 Å². The van der Waals surface area contributed by atoms with Crippen LogP contribution in [0, 0.1) is 6.92 Å². The number of carbonyl (C=O) groups is 2. The first kappa shape index (κ1) is 14.1. The van der Waals surface area contributed by atoms with Crippen molar-refractivity contribution in [2.75, 3.05) is 18.5 Å². The second-order valence-corrected chi connectivity index (χ2v) is 4.96. The first-order valence-electron chi connectivity index (χ1n) is 6.89. The molecule has 0 aliphatic carbocycles. The summed E-state index contributed by atoms with van der Waals surface area (Å²) in [7, 11) is 0. The van der Waals surface area contributed by atoms with Crippen molar-refractivity contribution in [2.45, 2.75) is 13.3 Å². The van der Waals surface area contributed by atoms with Crippen molar-refractivity contribution in [3.05, 3.63) is 41.3 Å². The monoisotopic (exact) mass is 301 g/mol. The van der Waals surface area contributed by atoms with Crippen LogP contribution in [0.25, 0.3) is 0 Å². The zero-order valence-corrected chi connectivity index (χ0v) is 12.0. The van der Waals surface area contributed by atoms with Gasteiger partial charge >= 0.3 is 0 Å². The first-order chi connectivity index (χ1) is 10.6. The lowest BCUT2D eigenvalue weighted by atomic mass is 10.1. The SMILES string of the molecule is Cc1cc(CCNC(=O)c2cccc3c2OCC(=O)N3)on1. The van der Waals surface area contributed by atoms with Crippen LogP contribution >= 0.6 is 0 Å². The molecule has 1 aromatic heterocycles. The Morgan fingerprint density at radius 3 is 3.09 bits per heavy atom. The van der Waals surface area contributed by atoms with Crippen molar-refractivity contribution < 1.29 is 18.8 Å². The van der Waals surface area contributed by atoms with Crippen molar-refractivity contribution in [1.29, 1.82) is 0 Å². The van der Waals surface area contributed by atoms with Crippen LogP contribution < -0.4 is 15.4 Å². The Bertz CT molecular complexity index is 723. The van der Waals surface area contributed by atoms with Gasteiger partial charge in [0, 0.05) is 19.0 Å². The van der Waals surface area contributed by atoms with E-state index in [1.54, 1.807) is 18.2 Å². The van der Waals surface area contributed by atoms with E-state index < -0.39 is 0 Å². The summed E-state index contributed by atoms with van der Waals surface area (Å²) in [6.07, 6.45) is 0.555. The third-order valence-electron chi connectivity index (χ3n) is 3.22. The van der Waals surface area contributed by atoms with Gasteiger partial charge in [0.1, 0.15) is 5.76 Å². The molecular weight excluding hydrogens is 286 g/mol. The Labute approximate surface area is 126 Å². The molecule has 2 amide bonds. The number of benzene rings is 1. The number of ether oxygens (including phenoxy) is 1. The highest BCUT2D eigenvalue weighted by molar-refractivity contribution is 6.03. The highest BCUT2D eigenvalue weighted by Gasteiger charge is 2.22. The number of hydrogen-bond acceptors (Lipinski definition) is 5. The number of carbonyl (C=O) groups excluding carboxylic acids is 2. The molecule has 7 nitrogen and oxygen atoms in total. The van der Waals surface area contributed by atoms with Crippen molar-refractivity contribution >= 4 is 17.5 Å². The zero-order valence-electron chi connectivity index (χ0n) is 12.0. The molecule has 0 fully saturated rings. The molecular formula is C15H15N3O4. The number of aryl methyl sites for hydroxylation is 1. The highest BCUT2D eigenvalue weighted by Crippen LogP contribution is 2.31. The lowest BCUT2D eigenvalue weighted by Crippen LogP contribution is -2.30. The van der Waals surface area contributed by atoms with Crippen LogP contribution in [0.5, 0.6) is 5.75 Å². The molecule has 0 saturated carbocycles. The van der Waals surface area contributed by atoms with Crippen LogP contribution in [0.15, 0.2) is 28.8 Å². The van der Waals surface area contributed by atoms with Gasteiger partial charge in [0.15, 0.2) is 12.4 Å². The minimum absolute atomic E-state index is 0.0887. The Balaban J connectivity index is 1.65. The summed E-state index contributed by atoms with van der Waals surface area (Å²) in [5.41, 5.74) is 1.71. The molecule has 114 valence electrons. The first-order valence-corrected chi connectivity index (χ1v) is 6.89. The predicted molar refractivity (Wildman–Crippen MR) is 77.8 cm³/mol. The largest absolute Gasteiger partial charge is 0.481 e. The van der Waals surface area contributed by atoms with Gasteiger partial charge < -0.3 is 19.9 Å². The quantitative estimate of drug-likeness (QED) is 0.887. The highest BCUT2D eigenvalue weighted by atomic mass is 16.5. The van der Waals surface area contributed by atoms with E-state index in [1.165, 1.54) is 0 Å². The van der Waals surface area contributed by atoms with Crippen LogP contribution in [0.4, 0.5) is 5.69 Å². The zero-order chi connectivity index (χ0) is 15.5. The van der Waals surface area contributed by atoms with Crippen LogP contribution in [0.2, 0.25) is 0 Å². The van der Waals surface area contributed by atoms with E-state index >= 15 is 0 Å². The van der Waals surface area contributed by atoms with Crippen molar-refractivity contribution in [1.82, 2.24) is 10.5 Å². The molecule has 2 aromatic rings. The molecule has 3 rings (SSSR count). The number of amides is 2. The standard InChI is InChI=1S/C15H15N3O4/c1-9-7-10(22-18-9)5-6-16-15(20)11-3-2-4-12-14(11)21-8-13(19)17-12/h2-4,7H,5-6,8H2,1H3,(H,16,20)(H,17,19). The fraction of sp³-hybridized carbons (Fsp3) is 0.267. The fourth-order valence-electron chi connectivity index (χ4n) is 2.22. The molecule has 0 spiro atoms. The molecule has 1 aliphatic rings. The van der Waals surface area contributed by atoms with E-state index in [-0.39, 0.29) is 18.4 Å². The molecule has 2 heterocycles. The van der Waals surface area contributed by atoms with Gasteiger partial charge in [0.2, 0.25) is 0 Å². The maximum Gasteiger partial charge on any atom is 0.262 e. The van der Waals surface area contributed by atoms with Gasteiger partial charge in [-0.2, -0.15) is 0 Å². The van der Waals surface area contributed by atoms with Crippen LogP contribution in [0.1, 0.15) is 21.8 Å². The fourth-order valence-corrected chi connectivity index (χ4v) is 2.22. The Morgan fingerprint density at radius 1 is 1.45 bits per heavy atom. The number of fused-ring (bicyclic) bond motifs is 1. The molecule has 0 atom stereocenters. The lowest BCUT2D eigenvalue weighted by molar-refractivity contribution is -0.118. The van der Waals surface area contributed by atoms with Gasteiger partial charge in [-0.3, -0.25) is 9.59 Å². The number of para-hydroxylation sites is 1. The van der Waals surface area contributed by atoms with Crippen molar-refractivity contribution in [3.8, 4) is 5.75 Å². The van der Waals surface area contributed by atoms with Gasteiger partial charge in [0.25, 0.3) is 11.8 Å². The molecule has 0 radical (unpaired) electrons. The molecule has 0 bridgehead atoms. The Hall–Kier alpha value is -2.83.